The highest BCUT2D eigenvalue weighted by molar-refractivity contribution is 7.89. The number of methoxy groups -OCH3 is 2. The lowest BCUT2D eigenvalue weighted by atomic mass is 10.3. The first-order valence-electron chi connectivity index (χ1n) is 8.09. The van der Waals surface area contributed by atoms with Crippen LogP contribution in [0.4, 0.5) is 5.69 Å². The zero-order chi connectivity index (χ0) is 20.0. The molecule has 2 aromatic carbocycles. The van der Waals surface area contributed by atoms with Gasteiger partial charge in [-0.2, -0.15) is 4.31 Å². The quantitative estimate of drug-likeness (QED) is 0.720. The summed E-state index contributed by atoms with van der Waals surface area (Å²) in [6.07, 6.45) is 0. The van der Waals surface area contributed by atoms with E-state index in [1.165, 1.54) is 25.3 Å². The molecular weight excluding hydrogens is 392 g/mol. The van der Waals surface area contributed by atoms with Gasteiger partial charge in [0.15, 0.2) is 0 Å². The summed E-state index contributed by atoms with van der Waals surface area (Å²) in [5.41, 5.74) is 0.543. The molecule has 2 aromatic rings. The summed E-state index contributed by atoms with van der Waals surface area (Å²) in [7, 11) is -0.898. The van der Waals surface area contributed by atoms with E-state index in [9.17, 15) is 13.2 Å². The predicted octanol–water partition coefficient (Wildman–Crippen LogP) is 3.01. The summed E-state index contributed by atoms with van der Waals surface area (Å²) in [4.78, 5) is 12.3. The summed E-state index contributed by atoms with van der Waals surface area (Å²) in [5.74, 6) is 0.572. The Morgan fingerprint density at radius 3 is 2.30 bits per heavy atom. The predicted molar refractivity (Wildman–Crippen MR) is 104 cm³/mol. The molecule has 27 heavy (non-hydrogen) atoms. The number of sulfonamides is 1. The minimum atomic E-state index is -3.88. The smallest absolute Gasteiger partial charge is 0.243 e. The molecule has 0 bridgehead atoms. The second-order valence-electron chi connectivity index (χ2n) is 5.50. The molecule has 0 heterocycles. The molecule has 1 amide bonds. The van der Waals surface area contributed by atoms with Gasteiger partial charge in [0.25, 0.3) is 0 Å². The molecule has 0 aliphatic carbocycles. The van der Waals surface area contributed by atoms with Gasteiger partial charge in [-0.3, -0.25) is 4.79 Å². The van der Waals surface area contributed by atoms with Gasteiger partial charge in [-0.15, -0.1) is 0 Å². The molecule has 146 valence electrons. The van der Waals surface area contributed by atoms with Crippen molar-refractivity contribution < 1.29 is 22.7 Å². The normalized spacial score (nSPS) is 11.3. The molecule has 0 radical (unpaired) electrons. The first-order valence-corrected chi connectivity index (χ1v) is 9.91. The number of nitrogens with one attached hydrogen (secondary N) is 1. The average Bonchev–Trinajstić information content (AvgIpc) is 2.66. The Hall–Kier alpha value is -2.29. The molecule has 7 nitrogen and oxygen atoms in total. The second kappa shape index (κ2) is 9.07. The van der Waals surface area contributed by atoms with Crippen molar-refractivity contribution in [2.75, 3.05) is 32.6 Å². The van der Waals surface area contributed by atoms with Crippen LogP contribution in [-0.4, -0.2) is 45.9 Å². The number of rotatable bonds is 8. The third-order valence-electron chi connectivity index (χ3n) is 3.81. The second-order valence-corrected chi connectivity index (χ2v) is 7.85. The summed E-state index contributed by atoms with van der Waals surface area (Å²) in [6.45, 7) is 1.46. The van der Waals surface area contributed by atoms with Crippen LogP contribution in [-0.2, 0) is 14.8 Å². The monoisotopic (exact) mass is 412 g/mol. The first kappa shape index (κ1) is 21.0. The van der Waals surface area contributed by atoms with Gasteiger partial charge in [-0.1, -0.05) is 18.5 Å². The third kappa shape index (κ3) is 5.12. The Morgan fingerprint density at radius 1 is 1.11 bits per heavy atom. The number of carbonyl (C=O) groups excluding carboxylic acids is 1. The summed E-state index contributed by atoms with van der Waals surface area (Å²) in [6, 6.07) is 10.9. The molecule has 0 spiro atoms. The lowest BCUT2D eigenvalue weighted by Gasteiger charge is -2.20. The zero-order valence-corrected chi connectivity index (χ0v) is 16.8. The van der Waals surface area contributed by atoms with Gasteiger partial charge in [-0.25, -0.2) is 8.42 Å². The van der Waals surface area contributed by atoms with E-state index >= 15 is 0 Å². The van der Waals surface area contributed by atoms with Crippen LogP contribution in [0.15, 0.2) is 47.4 Å². The van der Waals surface area contributed by atoms with Crippen molar-refractivity contribution >= 4 is 33.2 Å². The van der Waals surface area contributed by atoms with Crippen LogP contribution in [0.25, 0.3) is 0 Å². The number of benzene rings is 2. The van der Waals surface area contributed by atoms with Gasteiger partial charge in [0.1, 0.15) is 11.5 Å². The Bertz CT molecular complexity index is 900. The highest BCUT2D eigenvalue weighted by Crippen LogP contribution is 2.28. The van der Waals surface area contributed by atoms with Crippen LogP contribution in [0.1, 0.15) is 6.92 Å². The van der Waals surface area contributed by atoms with Crippen LogP contribution in [0, 0.1) is 0 Å². The molecule has 0 saturated carbocycles. The van der Waals surface area contributed by atoms with Crippen LogP contribution < -0.4 is 14.8 Å². The number of likely N-dealkylation sites (N-methyl/N-ethyl adjacent to an activating group) is 1. The SMILES string of the molecule is CCN(CC(=O)Nc1ccc(OC)cc1)S(=O)(=O)c1ccc(OC)c(Cl)c1. The maximum atomic E-state index is 12.8. The van der Waals surface area contributed by atoms with Crippen molar-refractivity contribution in [3.05, 3.63) is 47.5 Å². The highest BCUT2D eigenvalue weighted by Gasteiger charge is 2.26. The van der Waals surface area contributed by atoms with Crippen molar-refractivity contribution in [1.82, 2.24) is 4.31 Å². The molecule has 0 fully saturated rings. The number of hydrogen-bond acceptors (Lipinski definition) is 5. The molecule has 2 rings (SSSR count). The van der Waals surface area contributed by atoms with E-state index in [4.69, 9.17) is 21.1 Å². The maximum absolute atomic E-state index is 12.8. The molecule has 0 saturated heterocycles. The molecule has 0 aromatic heterocycles. The van der Waals surface area contributed by atoms with Crippen molar-refractivity contribution in [3.63, 3.8) is 0 Å². The number of anilines is 1. The van der Waals surface area contributed by atoms with Gasteiger partial charge in [0.05, 0.1) is 30.7 Å². The van der Waals surface area contributed by atoms with Gasteiger partial charge in [0, 0.05) is 12.2 Å². The van der Waals surface area contributed by atoms with E-state index in [1.807, 2.05) is 0 Å². The molecule has 1 N–H and O–H groups in total. The summed E-state index contributed by atoms with van der Waals surface area (Å²) < 4.78 is 36.8. The topological polar surface area (TPSA) is 84.9 Å². The van der Waals surface area contributed by atoms with E-state index in [0.717, 1.165) is 4.31 Å². The van der Waals surface area contributed by atoms with Crippen molar-refractivity contribution in [2.45, 2.75) is 11.8 Å². The molecule has 0 unspecified atom stereocenters. The summed E-state index contributed by atoms with van der Waals surface area (Å²) >= 11 is 6.02. The number of amides is 1. The van der Waals surface area contributed by atoms with Crippen molar-refractivity contribution in [2.24, 2.45) is 0 Å². The number of carbonyl (C=O) groups is 1. The minimum absolute atomic E-state index is 0.00704. The lowest BCUT2D eigenvalue weighted by molar-refractivity contribution is -0.116. The van der Waals surface area contributed by atoms with E-state index in [-0.39, 0.29) is 23.0 Å². The van der Waals surface area contributed by atoms with Crippen LogP contribution >= 0.6 is 11.6 Å². The zero-order valence-electron chi connectivity index (χ0n) is 15.2. The van der Waals surface area contributed by atoms with Crippen LogP contribution in [0.3, 0.4) is 0 Å². The maximum Gasteiger partial charge on any atom is 0.243 e. The Morgan fingerprint density at radius 2 is 1.78 bits per heavy atom. The Balaban J connectivity index is 2.14. The third-order valence-corrected chi connectivity index (χ3v) is 6.02. The first-order chi connectivity index (χ1) is 12.8. The van der Waals surface area contributed by atoms with Crippen LogP contribution in [0.2, 0.25) is 5.02 Å². The highest BCUT2D eigenvalue weighted by atomic mass is 35.5. The molecule has 0 aliphatic rings. The van der Waals surface area contributed by atoms with Crippen molar-refractivity contribution in [3.8, 4) is 11.5 Å². The van der Waals surface area contributed by atoms with Crippen LogP contribution in [0.5, 0.6) is 11.5 Å². The molecule has 9 heteroatoms. The number of hydrogen-bond donors (Lipinski definition) is 1. The van der Waals surface area contributed by atoms with Gasteiger partial charge in [0.2, 0.25) is 15.9 Å². The van der Waals surface area contributed by atoms with E-state index in [1.54, 1.807) is 38.3 Å². The van der Waals surface area contributed by atoms with Crippen molar-refractivity contribution in [1.29, 1.82) is 0 Å². The number of halogens is 1. The van der Waals surface area contributed by atoms with E-state index in [2.05, 4.69) is 5.32 Å². The molecule has 0 aliphatic heterocycles. The minimum Gasteiger partial charge on any atom is -0.497 e. The van der Waals surface area contributed by atoms with Gasteiger partial charge in [-0.05, 0) is 42.5 Å². The lowest BCUT2D eigenvalue weighted by Crippen LogP contribution is -2.37. The van der Waals surface area contributed by atoms with E-state index in [0.29, 0.717) is 17.2 Å². The Labute approximate surface area is 163 Å². The number of ether oxygens (including phenoxy) is 2. The largest absolute Gasteiger partial charge is 0.497 e. The molecular formula is C18H21ClN2O5S. The Kier molecular flexibility index (Phi) is 7.06. The fourth-order valence-electron chi connectivity index (χ4n) is 2.36. The van der Waals surface area contributed by atoms with E-state index < -0.39 is 15.9 Å². The number of nitrogens with zero attached hydrogens (tertiary/aromatic N) is 1. The van der Waals surface area contributed by atoms with Gasteiger partial charge >= 0.3 is 0 Å². The fourth-order valence-corrected chi connectivity index (χ4v) is 4.11. The average molecular weight is 413 g/mol. The fraction of sp³-hybridized carbons (Fsp3) is 0.278. The van der Waals surface area contributed by atoms with Gasteiger partial charge < -0.3 is 14.8 Å². The standard InChI is InChI=1S/C18H21ClN2O5S/c1-4-21(12-18(22)20-13-5-7-14(25-2)8-6-13)27(23,24)15-9-10-17(26-3)16(19)11-15/h5-11H,4,12H2,1-3H3,(H,20,22). The molecule has 0 atom stereocenters. The summed E-state index contributed by atoms with van der Waals surface area (Å²) in [5, 5.41) is 2.84.